The molecule has 0 aliphatic carbocycles. The largest absolute Gasteiger partial charge is 0.497 e. The summed E-state index contributed by atoms with van der Waals surface area (Å²) in [6.45, 7) is 0. The van der Waals surface area contributed by atoms with Gasteiger partial charge >= 0.3 is 0 Å². The zero-order chi connectivity index (χ0) is 14.5. The van der Waals surface area contributed by atoms with Crippen LogP contribution in [0, 0.1) is 11.6 Å². The van der Waals surface area contributed by atoms with Crippen LogP contribution in [-0.4, -0.2) is 12.9 Å². The standard InChI is InChI=1S/C16H14F2O2/c1-20-15-4-2-3-11(7-15)5-6-16(19)12-8-13(17)10-14(18)9-12/h2-4,7-10H,5-6H2,1H3. The maximum absolute atomic E-state index is 13.0. The predicted molar refractivity (Wildman–Crippen MR) is 72.0 cm³/mol. The first-order valence-corrected chi connectivity index (χ1v) is 6.20. The summed E-state index contributed by atoms with van der Waals surface area (Å²) < 4.78 is 31.2. The Morgan fingerprint density at radius 1 is 1.10 bits per heavy atom. The Labute approximate surface area is 116 Å². The molecular formula is C16H14F2O2. The van der Waals surface area contributed by atoms with Crippen molar-refractivity contribution in [2.75, 3.05) is 7.11 Å². The van der Waals surface area contributed by atoms with E-state index in [9.17, 15) is 13.6 Å². The third kappa shape index (κ3) is 3.63. The second-order valence-corrected chi connectivity index (χ2v) is 4.43. The Balaban J connectivity index is 2.04. The number of benzene rings is 2. The molecule has 2 nitrogen and oxygen atoms in total. The number of halogens is 2. The third-order valence-electron chi connectivity index (χ3n) is 2.96. The summed E-state index contributed by atoms with van der Waals surface area (Å²) in [6, 6.07) is 10.2. The molecule has 0 heterocycles. The van der Waals surface area contributed by atoms with E-state index < -0.39 is 11.6 Å². The molecule has 4 heteroatoms. The fourth-order valence-corrected chi connectivity index (χ4v) is 1.94. The number of ether oxygens (including phenoxy) is 1. The summed E-state index contributed by atoms with van der Waals surface area (Å²) in [7, 11) is 1.57. The van der Waals surface area contributed by atoms with Gasteiger partial charge in [-0.05, 0) is 36.2 Å². The average Bonchev–Trinajstić information content (AvgIpc) is 2.44. The van der Waals surface area contributed by atoms with Crippen LogP contribution < -0.4 is 4.74 Å². The molecule has 20 heavy (non-hydrogen) atoms. The molecule has 0 aliphatic rings. The van der Waals surface area contributed by atoms with Gasteiger partial charge in [-0.2, -0.15) is 0 Å². The number of Topliss-reactive ketones (excluding diaryl/α,β-unsaturated/α-hetero) is 1. The zero-order valence-electron chi connectivity index (χ0n) is 11.0. The van der Waals surface area contributed by atoms with Gasteiger partial charge in [0.1, 0.15) is 17.4 Å². The number of hydrogen-bond acceptors (Lipinski definition) is 2. The van der Waals surface area contributed by atoms with Crippen molar-refractivity contribution in [2.24, 2.45) is 0 Å². The Morgan fingerprint density at radius 2 is 1.80 bits per heavy atom. The lowest BCUT2D eigenvalue weighted by atomic mass is 10.0. The highest BCUT2D eigenvalue weighted by Gasteiger charge is 2.09. The van der Waals surface area contributed by atoms with Gasteiger partial charge in [-0.15, -0.1) is 0 Å². The summed E-state index contributed by atoms with van der Waals surface area (Å²) in [6.07, 6.45) is 0.685. The second-order valence-electron chi connectivity index (χ2n) is 4.43. The second kappa shape index (κ2) is 6.28. The Kier molecular flexibility index (Phi) is 4.45. The highest BCUT2D eigenvalue weighted by Crippen LogP contribution is 2.16. The van der Waals surface area contributed by atoms with Crippen LogP contribution in [0.3, 0.4) is 0 Å². The molecule has 0 saturated carbocycles. The molecular weight excluding hydrogens is 262 g/mol. The number of aryl methyl sites for hydroxylation is 1. The third-order valence-corrected chi connectivity index (χ3v) is 2.96. The van der Waals surface area contributed by atoms with Crippen LogP contribution in [0.1, 0.15) is 22.3 Å². The van der Waals surface area contributed by atoms with E-state index >= 15 is 0 Å². The lowest BCUT2D eigenvalue weighted by Gasteiger charge is -2.05. The molecule has 0 spiro atoms. The Hall–Kier alpha value is -2.23. The minimum atomic E-state index is -0.741. The van der Waals surface area contributed by atoms with E-state index in [-0.39, 0.29) is 17.8 Å². The normalized spacial score (nSPS) is 10.3. The molecule has 0 radical (unpaired) electrons. The molecule has 2 rings (SSSR count). The summed E-state index contributed by atoms with van der Waals surface area (Å²) >= 11 is 0. The first-order chi connectivity index (χ1) is 9.58. The van der Waals surface area contributed by atoms with Gasteiger partial charge < -0.3 is 4.74 Å². The SMILES string of the molecule is COc1cccc(CCC(=O)c2cc(F)cc(F)c2)c1. The number of carbonyl (C=O) groups is 1. The van der Waals surface area contributed by atoms with Crippen LogP contribution >= 0.6 is 0 Å². The van der Waals surface area contributed by atoms with Crippen LogP contribution in [0.2, 0.25) is 0 Å². The van der Waals surface area contributed by atoms with E-state index in [0.29, 0.717) is 12.2 Å². The van der Waals surface area contributed by atoms with Crippen molar-refractivity contribution >= 4 is 5.78 Å². The summed E-state index contributed by atoms with van der Waals surface area (Å²) in [5.74, 6) is -1.05. The Morgan fingerprint density at radius 3 is 2.45 bits per heavy atom. The van der Waals surface area contributed by atoms with E-state index in [1.54, 1.807) is 7.11 Å². The van der Waals surface area contributed by atoms with Crippen LogP contribution in [-0.2, 0) is 6.42 Å². The quantitative estimate of drug-likeness (QED) is 0.777. The van der Waals surface area contributed by atoms with E-state index in [2.05, 4.69) is 0 Å². The molecule has 0 atom stereocenters. The van der Waals surface area contributed by atoms with Gasteiger partial charge in [0.05, 0.1) is 7.11 Å². The fourth-order valence-electron chi connectivity index (χ4n) is 1.94. The first-order valence-electron chi connectivity index (χ1n) is 6.20. The number of methoxy groups -OCH3 is 1. The van der Waals surface area contributed by atoms with Crippen molar-refractivity contribution in [3.8, 4) is 5.75 Å². The molecule has 0 saturated heterocycles. The molecule has 0 bridgehead atoms. The molecule has 0 N–H and O–H groups in total. The van der Waals surface area contributed by atoms with Crippen LogP contribution in [0.5, 0.6) is 5.75 Å². The van der Waals surface area contributed by atoms with Crippen molar-refractivity contribution in [3.63, 3.8) is 0 Å². The van der Waals surface area contributed by atoms with Crippen LogP contribution in [0.25, 0.3) is 0 Å². The molecule has 0 aliphatic heterocycles. The van der Waals surface area contributed by atoms with Gasteiger partial charge in [0.2, 0.25) is 0 Å². The maximum atomic E-state index is 13.0. The minimum Gasteiger partial charge on any atom is -0.497 e. The van der Waals surface area contributed by atoms with Gasteiger partial charge in [0.25, 0.3) is 0 Å². The van der Waals surface area contributed by atoms with Crippen molar-refractivity contribution in [2.45, 2.75) is 12.8 Å². The molecule has 0 aromatic heterocycles. The fraction of sp³-hybridized carbons (Fsp3) is 0.188. The van der Waals surface area contributed by atoms with Crippen molar-refractivity contribution < 1.29 is 18.3 Å². The molecule has 0 fully saturated rings. The first kappa shape index (κ1) is 14.2. The Bertz CT molecular complexity index is 603. The smallest absolute Gasteiger partial charge is 0.163 e. The highest BCUT2D eigenvalue weighted by atomic mass is 19.1. The summed E-state index contributed by atoms with van der Waals surface area (Å²) in [5, 5.41) is 0. The van der Waals surface area contributed by atoms with Crippen LogP contribution in [0.15, 0.2) is 42.5 Å². The van der Waals surface area contributed by atoms with Crippen molar-refractivity contribution in [1.82, 2.24) is 0 Å². The van der Waals surface area contributed by atoms with E-state index in [1.165, 1.54) is 0 Å². The minimum absolute atomic E-state index is 0.0606. The van der Waals surface area contributed by atoms with Gasteiger partial charge in [0.15, 0.2) is 5.78 Å². The zero-order valence-corrected chi connectivity index (χ0v) is 11.0. The number of ketones is 1. The molecule has 2 aromatic carbocycles. The summed E-state index contributed by atoms with van der Waals surface area (Å²) in [5.41, 5.74) is 1.000. The molecule has 0 unspecified atom stereocenters. The molecule has 2 aromatic rings. The highest BCUT2D eigenvalue weighted by molar-refractivity contribution is 5.96. The predicted octanol–water partition coefficient (Wildman–Crippen LogP) is 3.79. The van der Waals surface area contributed by atoms with Crippen molar-refractivity contribution in [1.29, 1.82) is 0 Å². The van der Waals surface area contributed by atoms with Gasteiger partial charge in [-0.25, -0.2) is 8.78 Å². The van der Waals surface area contributed by atoms with Gasteiger partial charge in [0, 0.05) is 18.1 Å². The molecule has 104 valence electrons. The lowest BCUT2D eigenvalue weighted by molar-refractivity contribution is 0.0982. The number of carbonyl (C=O) groups excluding carboxylic acids is 1. The summed E-state index contributed by atoms with van der Waals surface area (Å²) in [4.78, 5) is 11.9. The number of hydrogen-bond donors (Lipinski definition) is 0. The van der Waals surface area contributed by atoms with Crippen molar-refractivity contribution in [3.05, 3.63) is 65.2 Å². The number of rotatable bonds is 5. The maximum Gasteiger partial charge on any atom is 0.163 e. The average molecular weight is 276 g/mol. The topological polar surface area (TPSA) is 26.3 Å². The monoisotopic (exact) mass is 276 g/mol. The molecule has 0 amide bonds. The van der Waals surface area contributed by atoms with Crippen LogP contribution in [0.4, 0.5) is 8.78 Å². The van der Waals surface area contributed by atoms with E-state index in [4.69, 9.17) is 4.74 Å². The van der Waals surface area contributed by atoms with E-state index in [0.717, 1.165) is 23.8 Å². The van der Waals surface area contributed by atoms with E-state index in [1.807, 2.05) is 24.3 Å². The van der Waals surface area contributed by atoms with Gasteiger partial charge in [-0.3, -0.25) is 4.79 Å². The van der Waals surface area contributed by atoms with Gasteiger partial charge in [-0.1, -0.05) is 12.1 Å². The lowest BCUT2D eigenvalue weighted by Crippen LogP contribution is -2.02.